The lowest BCUT2D eigenvalue weighted by molar-refractivity contribution is 0.421. The van der Waals surface area contributed by atoms with Crippen molar-refractivity contribution in [2.24, 2.45) is 0 Å². The molecule has 0 aliphatic heterocycles. The van der Waals surface area contributed by atoms with Crippen molar-refractivity contribution in [3.8, 4) is 23.0 Å². The molecule has 0 spiro atoms. The molecule has 0 heterocycles. The van der Waals surface area contributed by atoms with Gasteiger partial charge in [-0.2, -0.15) is 0 Å². The van der Waals surface area contributed by atoms with Gasteiger partial charge in [0.25, 0.3) is 0 Å². The molecule has 0 saturated heterocycles. The summed E-state index contributed by atoms with van der Waals surface area (Å²) < 4.78 is 0. The predicted molar refractivity (Wildman–Crippen MR) is 278 cm³/mol. The number of hydrogen-bond acceptors (Lipinski definition) is 4. The van der Waals surface area contributed by atoms with Crippen LogP contribution in [0.2, 0.25) is 0 Å². The van der Waals surface area contributed by atoms with E-state index < -0.39 is 0 Å². The summed E-state index contributed by atoms with van der Waals surface area (Å²) >= 11 is 0. The van der Waals surface area contributed by atoms with E-state index in [1.54, 1.807) is 12.1 Å². The minimum absolute atomic E-state index is 0.128. The molecule has 0 saturated carbocycles. The van der Waals surface area contributed by atoms with E-state index in [0.717, 1.165) is 68.5 Å². The molecular weight excluding hydrogens is 797 g/mol. The van der Waals surface area contributed by atoms with E-state index in [-0.39, 0.29) is 38.6 Å². The first-order valence-electron chi connectivity index (χ1n) is 23.0. The molecule has 0 aliphatic carbocycles. The number of phenolic OH excluding ortho intramolecular Hbond substituents is 4. The number of benzene rings is 6. The van der Waals surface area contributed by atoms with Crippen molar-refractivity contribution in [2.45, 2.75) is 137 Å². The largest absolute Gasteiger partial charge is 0.507 e. The van der Waals surface area contributed by atoms with Gasteiger partial charge in [-0.15, -0.1) is 0 Å². The van der Waals surface area contributed by atoms with E-state index in [0.29, 0.717) is 11.5 Å². The first-order chi connectivity index (χ1) is 30.2. The highest BCUT2D eigenvalue weighted by molar-refractivity contribution is 5.74. The van der Waals surface area contributed by atoms with Crippen LogP contribution < -0.4 is 0 Å². The van der Waals surface area contributed by atoms with Crippen LogP contribution in [0.3, 0.4) is 0 Å². The van der Waals surface area contributed by atoms with E-state index in [1.165, 1.54) is 11.1 Å². The summed E-state index contributed by atoms with van der Waals surface area (Å²) in [5, 5.41) is 42.9. The average molecular weight is 871 g/mol. The monoisotopic (exact) mass is 871 g/mol. The molecule has 0 aromatic heterocycles. The van der Waals surface area contributed by atoms with Crippen molar-refractivity contribution in [1.82, 2.24) is 0 Å². The summed E-state index contributed by atoms with van der Waals surface area (Å²) in [4.78, 5) is 0. The topological polar surface area (TPSA) is 80.9 Å². The summed E-state index contributed by atoms with van der Waals surface area (Å²) in [6.07, 6.45) is 9.66. The molecule has 0 amide bonds. The van der Waals surface area contributed by atoms with Gasteiger partial charge in [0.1, 0.15) is 23.0 Å². The second-order valence-corrected chi connectivity index (χ2v) is 22.2. The maximum absolute atomic E-state index is 11.0. The van der Waals surface area contributed by atoms with Gasteiger partial charge in [0, 0.05) is 16.5 Å². The van der Waals surface area contributed by atoms with Gasteiger partial charge in [-0.1, -0.05) is 218 Å². The quantitative estimate of drug-likeness (QED) is 0.109. The Kier molecular flexibility index (Phi) is 15.1. The fraction of sp³-hybridized carbons (Fsp3) is 0.344. The van der Waals surface area contributed by atoms with Crippen LogP contribution in [0.5, 0.6) is 23.0 Å². The van der Waals surface area contributed by atoms with Gasteiger partial charge in [-0.25, -0.2) is 0 Å². The van der Waals surface area contributed by atoms with Crippen molar-refractivity contribution in [2.75, 3.05) is 0 Å². The molecule has 65 heavy (non-hydrogen) atoms. The van der Waals surface area contributed by atoms with Gasteiger partial charge in [-0.3, -0.25) is 0 Å². The Bertz CT molecular complexity index is 2360. The van der Waals surface area contributed by atoms with Crippen molar-refractivity contribution >= 4 is 24.3 Å². The number of hydrogen-bond donors (Lipinski definition) is 4. The maximum Gasteiger partial charge on any atom is 0.123 e. The number of rotatable bonds is 9. The molecular formula is C61H74O4. The Balaban J connectivity index is 0.000000244. The van der Waals surface area contributed by atoms with Crippen LogP contribution in [-0.4, -0.2) is 20.4 Å². The zero-order valence-electron chi connectivity index (χ0n) is 41.6. The minimum atomic E-state index is -0.327. The van der Waals surface area contributed by atoms with Gasteiger partial charge in [0.15, 0.2) is 0 Å². The van der Waals surface area contributed by atoms with Crippen molar-refractivity contribution in [3.63, 3.8) is 0 Å². The molecule has 4 heteroatoms. The first kappa shape index (κ1) is 50.0. The molecule has 0 aliphatic rings. The lowest BCUT2D eigenvalue weighted by Crippen LogP contribution is -2.19. The van der Waals surface area contributed by atoms with E-state index in [1.807, 2.05) is 109 Å². The Labute approximate surface area is 391 Å². The summed E-state index contributed by atoms with van der Waals surface area (Å²) in [5.74, 6) is 1.37. The number of phenols is 4. The van der Waals surface area contributed by atoms with Gasteiger partial charge in [0.05, 0.1) is 0 Å². The Morgan fingerprint density at radius 1 is 0.354 bits per heavy atom. The second kappa shape index (κ2) is 19.6. The summed E-state index contributed by atoms with van der Waals surface area (Å²) in [6, 6.07) is 40.3. The SMILES string of the molecule is CC(C)(C)c1cc(CCc2cc(C(C)(C)C)c(O)c(C(C)(C)C)c2)cc(C(C)(C)C)c1O.CC(C)(c1ccc(O)c(C=Cc2ccccc2)c1)c1ccc(O)c(C=Cc2ccccc2)c1. The summed E-state index contributed by atoms with van der Waals surface area (Å²) in [6.45, 7) is 30.2. The van der Waals surface area contributed by atoms with Gasteiger partial charge in [-0.05, 0) is 114 Å². The Morgan fingerprint density at radius 2 is 0.646 bits per heavy atom. The highest BCUT2D eigenvalue weighted by Crippen LogP contribution is 2.42. The highest BCUT2D eigenvalue weighted by atomic mass is 16.3. The van der Waals surface area contributed by atoms with Crippen molar-refractivity contribution in [1.29, 1.82) is 0 Å². The van der Waals surface area contributed by atoms with E-state index >= 15 is 0 Å². The van der Waals surface area contributed by atoms with E-state index in [9.17, 15) is 20.4 Å². The first-order valence-corrected chi connectivity index (χ1v) is 23.0. The van der Waals surface area contributed by atoms with Crippen LogP contribution in [-0.2, 0) is 39.9 Å². The van der Waals surface area contributed by atoms with E-state index in [2.05, 4.69) is 121 Å². The van der Waals surface area contributed by atoms with Crippen LogP contribution in [0.25, 0.3) is 24.3 Å². The molecule has 0 radical (unpaired) electrons. The molecule has 0 unspecified atom stereocenters. The molecule has 0 atom stereocenters. The Morgan fingerprint density at radius 3 is 0.923 bits per heavy atom. The third-order valence-corrected chi connectivity index (χ3v) is 12.3. The lowest BCUT2D eigenvalue weighted by Gasteiger charge is -2.29. The molecule has 6 aromatic carbocycles. The molecule has 0 bridgehead atoms. The zero-order chi connectivity index (χ0) is 48.1. The molecule has 4 nitrogen and oxygen atoms in total. The van der Waals surface area contributed by atoms with Crippen LogP contribution in [0, 0.1) is 0 Å². The third kappa shape index (κ3) is 12.8. The molecule has 6 aromatic rings. The minimum Gasteiger partial charge on any atom is -0.507 e. The Hall–Kier alpha value is -6.00. The lowest BCUT2D eigenvalue weighted by atomic mass is 9.77. The smallest absolute Gasteiger partial charge is 0.123 e. The normalized spacial score (nSPS) is 12.7. The highest BCUT2D eigenvalue weighted by Gasteiger charge is 2.29. The van der Waals surface area contributed by atoms with Crippen molar-refractivity contribution < 1.29 is 20.4 Å². The maximum atomic E-state index is 11.0. The average Bonchev–Trinajstić information content (AvgIpc) is 3.22. The fourth-order valence-corrected chi connectivity index (χ4v) is 8.07. The van der Waals surface area contributed by atoms with Gasteiger partial charge >= 0.3 is 0 Å². The van der Waals surface area contributed by atoms with Crippen LogP contribution in [0.4, 0.5) is 0 Å². The third-order valence-electron chi connectivity index (χ3n) is 12.3. The number of aryl methyl sites for hydroxylation is 2. The molecule has 6 rings (SSSR count). The molecule has 4 N–H and O–H groups in total. The molecule has 0 fully saturated rings. The molecule has 342 valence electrons. The fourth-order valence-electron chi connectivity index (χ4n) is 8.07. The van der Waals surface area contributed by atoms with Crippen LogP contribution in [0.1, 0.15) is 164 Å². The standard InChI is InChI=1S/C31H28O2.C30H46O2/c1-31(2,27-17-19-29(32)25(21-27)15-13-23-9-5-3-6-10-23)28-18-20-30(33)26(22-28)16-14-24-11-7-4-8-12-24;1-27(2,3)21-15-19(16-22(25(21)31)28(4,5)6)13-14-20-17-23(29(7,8)9)26(32)24(18-20)30(10,11)12/h3-22,32-33H,1-2H3;15-18,31-32H,13-14H2,1-12H3. The van der Waals surface area contributed by atoms with Crippen molar-refractivity contribution in [3.05, 3.63) is 188 Å². The predicted octanol–water partition coefficient (Wildman–Crippen LogP) is 15.8. The van der Waals surface area contributed by atoms with E-state index in [4.69, 9.17) is 0 Å². The second-order valence-electron chi connectivity index (χ2n) is 22.2. The van der Waals surface area contributed by atoms with Gasteiger partial charge < -0.3 is 20.4 Å². The van der Waals surface area contributed by atoms with Crippen LogP contribution >= 0.6 is 0 Å². The zero-order valence-corrected chi connectivity index (χ0v) is 41.6. The van der Waals surface area contributed by atoms with Gasteiger partial charge in [0.2, 0.25) is 0 Å². The summed E-state index contributed by atoms with van der Waals surface area (Å²) in [7, 11) is 0. The summed E-state index contributed by atoms with van der Waals surface area (Å²) in [5.41, 5.74) is 11.6. The number of aromatic hydroxyl groups is 4. The van der Waals surface area contributed by atoms with Crippen LogP contribution in [0.15, 0.2) is 121 Å².